The van der Waals surface area contributed by atoms with E-state index in [0.29, 0.717) is 0 Å². The van der Waals surface area contributed by atoms with Gasteiger partial charge in [0.05, 0.1) is 12.2 Å². The maximum Gasteiger partial charge on any atom is 0.193 e. The van der Waals surface area contributed by atoms with E-state index in [2.05, 4.69) is 50.6 Å². The van der Waals surface area contributed by atoms with E-state index in [4.69, 9.17) is 0 Å². The highest BCUT2D eigenvalue weighted by Crippen LogP contribution is 2.43. The quantitative estimate of drug-likeness (QED) is 0.408. The monoisotopic (exact) mass is 479 g/mol. The average molecular weight is 479 g/mol. The molecule has 146 valence electrons. The van der Waals surface area contributed by atoms with Crippen LogP contribution in [0.2, 0.25) is 0 Å². The van der Waals surface area contributed by atoms with E-state index < -0.39 is 0 Å². The lowest BCUT2D eigenvalue weighted by Gasteiger charge is -2.47. The van der Waals surface area contributed by atoms with Gasteiger partial charge in [0, 0.05) is 38.8 Å². The van der Waals surface area contributed by atoms with Crippen molar-refractivity contribution in [3.05, 3.63) is 53.3 Å². The molecule has 6 heteroatoms. The molecule has 0 radical (unpaired) electrons. The van der Waals surface area contributed by atoms with Crippen molar-refractivity contribution in [1.29, 1.82) is 0 Å². The highest BCUT2D eigenvalue weighted by Gasteiger charge is 2.40. The minimum atomic E-state index is 0. The molecule has 1 unspecified atom stereocenters. The standard InChI is InChI=1S/C21H29N5.HI/c1-22-20(23-15-18-10-13-24-25(18)2)26-14-6-12-21(16-26)11-5-8-17-7-3-4-9-19(17)21;/h3-4,7,9-10,13H,5-6,8,11-12,14-16H2,1-2H3,(H,22,23);1H. The molecule has 1 aromatic heterocycles. The number of hydrogen-bond acceptors (Lipinski definition) is 2. The van der Waals surface area contributed by atoms with Crippen LogP contribution < -0.4 is 5.32 Å². The van der Waals surface area contributed by atoms with Gasteiger partial charge < -0.3 is 10.2 Å². The number of nitrogens with one attached hydrogen (secondary N) is 1. The molecule has 2 aliphatic rings. The summed E-state index contributed by atoms with van der Waals surface area (Å²) in [5.74, 6) is 1.01. The molecule has 4 rings (SSSR count). The Balaban J connectivity index is 0.00000210. The number of fused-ring (bicyclic) bond motifs is 2. The second kappa shape index (κ2) is 8.63. The molecule has 1 aliphatic heterocycles. The number of nitrogens with zero attached hydrogens (tertiary/aromatic N) is 4. The van der Waals surface area contributed by atoms with Crippen LogP contribution in [0.1, 0.15) is 42.5 Å². The number of aliphatic imine (C=N–C) groups is 1. The van der Waals surface area contributed by atoms with Gasteiger partial charge in [0.15, 0.2) is 5.96 Å². The van der Waals surface area contributed by atoms with Gasteiger partial charge in [-0.3, -0.25) is 9.67 Å². The van der Waals surface area contributed by atoms with Gasteiger partial charge in [0.2, 0.25) is 0 Å². The summed E-state index contributed by atoms with van der Waals surface area (Å²) in [4.78, 5) is 7.04. The third-order valence-corrected chi connectivity index (χ3v) is 6.13. The lowest BCUT2D eigenvalue weighted by molar-refractivity contribution is 0.188. The average Bonchev–Trinajstić information content (AvgIpc) is 3.08. The van der Waals surface area contributed by atoms with E-state index in [1.807, 2.05) is 25.0 Å². The number of likely N-dealkylation sites (tertiary alicyclic amines) is 1. The van der Waals surface area contributed by atoms with Gasteiger partial charge in [0.25, 0.3) is 0 Å². The Morgan fingerprint density at radius 2 is 2.04 bits per heavy atom. The Hall–Kier alpha value is -1.57. The maximum absolute atomic E-state index is 4.58. The number of halogens is 1. The second-order valence-electron chi connectivity index (χ2n) is 7.66. The van der Waals surface area contributed by atoms with Crippen LogP contribution in [0, 0.1) is 0 Å². The zero-order valence-electron chi connectivity index (χ0n) is 16.3. The van der Waals surface area contributed by atoms with E-state index in [1.54, 1.807) is 11.1 Å². The molecule has 27 heavy (non-hydrogen) atoms. The minimum Gasteiger partial charge on any atom is -0.351 e. The summed E-state index contributed by atoms with van der Waals surface area (Å²) in [6.45, 7) is 2.90. The minimum absolute atomic E-state index is 0. The fourth-order valence-corrected chi connectivity index (χ4v) is 4.82. The smallest absolute Gasteiger partial charge is 0.193 e. The molecule has 1 aliphatic carbocycles. The normalized spacial score (nSPS) is 22.3. The molecule has 1 aromatic carbocycles. The fraction of sp³-hybridized carbons (Fsp3) is 0.524. The molecule has 5 nitrogen and oxygen atoms in total. The van der Waals surface area contributed by atoms with Crippen LogP contribution in [0.4, 0.5) is 0 Å². The van der Waals surface area contributed by atoms with Crippen LogP contribution in [0.25, 0.3) is 0 Å². The molecule has 2 heterocycles. The number of aryl methyl sites for hydroxylation is 2. The summed E-state index contributed by atoms with van der Waals surface area (Å²) in [6.07, 6.45) is 8.17. The lowest BCUT2D eigenvalue weighted by Crippen LogP contribution is -2.53. The third kappa shape index (κ3) is 4.00. The molecule has 2 aromatic rings. The van der Waals surface area contributed by atoms with Crippen LogP contribution in [0.5, 0.6) is 0 Å². The van der Waals surface area contributed by atoms with Gasteiger partial charge in [-0.15, -0.1) is 24.0 Å². The molecule has 1 spiro atoms. The molecule has 0 amide bonds. The number of rotatable bonds is 2. The van der Waals surface area contributed by atoms with Crippen LogP contribution in [0.3, 0.4) is 0 Å². The van der Waals surface area contributed by atoms with Crippen molar-refractivity contribution in [1.82, 2.24) is 20.0 Å². The summed E-state index contributed by atoms with van der Waals surface area (Å²) in [5.41, 5.74) is 4.59. The van der Waals surface area contributed by atoms with Crippen molar-refractivity contribution < 1.29 is 0 Å². The summed E-state index contributed by atoms with van der Waals surface area (Å²) in [7, 11) is 3.87. The van der Waals surface area contributed by atoms with Crippen LogP contribution in [-0.4, -0.2) is 40.8 Å². The number of benzene rings is 1. The van der Waals surface area contributed by atoms with Crippen molar-refractivity contribution >= 4 is 29.9 Å². The molecule has 0 bridgehead atoms. The van der Waals surface area contributed by atoms with E-state index in [-0.39, 0.29) is 29.4 Å². The zero-order valence-corrected chi connectivity index (χ0v) is 18.6. The van der Waals surface area contributed by atoms with Crippen LogP contribution in [0.15, 0.2) is 41.5 Å². The SMILES string of the molecule is CN=C(NCc1ccnn1C)N1CCCC2(CCCc3ccccc32)C1.I. The van der Waals surface area contributed by atoms with Gasteiger partial charge in [-0.2, -0.15) is 5.10 Å². The largest absolute Gasteiger partial charge is 0.351 e. The maximum atomic E-state index is 4.58. The Morgan fingerprint density at radius 3 is 2.81 bits per heavy atom. The molecular weight excluding hydrogens is 449 g/mol. The summed E-state index contributed by atoms with van der Waals surface area (Å²) in [5, 5.41) is 7.79. The topological polar surface area (TPSA) is 45.5 Å². The van der Waals surface area contributed by atoms with Crippen LogP contribution >= 0.6 is 24.0 Å². The van der Waals surface area contributed by atoms with Gasteiger partial charge in [-0.05, 0) is 49.3 Å². The second-order valence-corrected chi connectivity index (χ2v) is 7.66. The van der Waals surface area contributed by atoms with Gasteiger partial charge >= 0.3 is 0 Å². The van der Waals surface area contributed by atoms with Crippen molar-refractivity contribution in [2.24, 2.45) is 12.0 Å². The highest BCUT2D eigenvalue weighted by molar-refractivity contribution is 14.0. The zero-order chi connectivity index (χ0) is 18.0. The van der Waals surface area contributed by atoms with E-state index in [0.717, 1.165) is 25.6 Å². The predicted molar refractivity (Wildman–Crippen MR) is 121 cm³/mol. The first-order valence-corrected chi connectivity index (χ1v) is 9.73. The Morgan fingerprint density at radius 1 is 1.22 bits per heavy atom. The molecular formula is C21H30IN5. The Kier molecular flexibility index (Phi) is 6.44. The van der Waals surface area contributed by atoms with E-state index in [9.17, 15) is 0 Å². The molecule has 0 saturated carbocycles. The Labute approximate surface area is 179 Å². The summed E-state index contributed by atoms with van der Waals surface area (Å²) >= 11 is 0. The molecule has 1 N–H and O–H groups in total. The third-order valence-electron chi connectivity index (χ3n) is 6.13. The number of piperidine rings is 1. The number of hydrogen-bond donors (Lipinski definition) is 1. The Bertz CT molecular complexity index is 799. The highest BCUT2D eigenvalue weighted by atomic mass is 127. The lowest BCUT2D eigenvalue weighted by atomic mass is 9.66. The van der Waals surface area contributed by atoms with Gasteiger partial charge in [0.1, 0.15) is 0 Å². The molecule has 1 saturated heterocycles. The first kappa shape index (κ1) is 20.2. The van der Waals surface area contributed by atoms with Crippen molar-refractivity contribution in [3.63, 3.8) is 0 Å². The fourth-order valence-electron chi connectivity index (χ4n) is 4.82. The van der Waals surface area contributed by atoms with Crippen molar-refractivity contribution in [3.8, 4) is 0 Å². The number of guanidine groups is 1. The summed E-state index contributed by atoms with van der Waals surface area (Å²) < 4.78 is 1.91. The predicted octanol–water partition coefficient (Wildman–Crippen LogP) is 3.48. The van der Waals surface area contributed by atoms with Gasteiger partial charge in [-0.1, -0.05) is 24.3 Å². The number of aromatic nitrogens is 2. The van der Waals surface area contributed by atoms with Crippen LogP contribution in [-0.2, 0) is 25.4 Å². The molecule has 1 fully saturated rings. The summed E-state index contributed by atoms with van der Waals surface area (Å²) in [6, 6.07) is 11.1. The van der Waals surface area contributed by atoms with E-state index in [1.165, 1.54) is 37.8 Å². The van der Waals surface area contributed by atoms with Gasteiger partial charge in [-0.25, -0.2) is 0 Å². The van der Waals surface area contributed by atoms with Crippen molar-refractivity contribution in [2.75, 3.05) is 20.1 Å². The van der Waals surface area contributed by atoms with E-state index >= 15 is 0 Å². The van der Waals surface area contributed by atoms with Crippen molar-refractivity contribution in [2.45, 2.75) is 44.1 Å². The first-order chi connectivity index (χ1) is 12.7. The first-order valence-electron chi connectivity index (χ1n) is 9.73. The molecule has 1 atom stereocenters.